The molecule has 0 aliphatic heterocycles. The van der Waals surface area contributed by atoms with Crippen LogP contribution in [0.5, 0.6) is 0 Å². The van der Waals surface area contributed by atoms with Gasteiger partial charge in [-0.3, -0.25) is 4.79 Å². The van der Waals surface area contributed by atoms with E-state index in [9.17, 15) is 4.79 Å². The van der Waals surface area contributed by atoms with Crippen LogP contribution in [-0.4, -0.2) is 35.6 Å². The second kappa shape index (κ2) is 7.45. The van der Waals surface area contributed by atoms with Crippen molar-refractivity contribution in [2.24, 2.45) is 0 Å². The zero-order valence-electron chi connectivity index (χ0n) is 10.7. The highest BCUT2D eigenvalue weighted by Crippen LogP contribution is 2.09. The first-order chi connectivity index (χ1) is 8.69. The Hall–Kier alpha value is -1.87. The summed E-state index contributed by atoms with van der Waals surface area (Å²) >= 11 is 0. The lowest BCUT2D eigenvalue weighted by Crippen LogP contribution is -2.32. The first-order valence-corrected chi connectivity index (χ1v) is 5.93. The van der Waals surface area contributed by atoms with Crippen molar-refractivity contribution in [3.63, 3.8) is 0 Å². The average Bonchev–Trinajstić information content (AvgIpc) is 2.37. The van der Waals surface area contributed by atoms with Crippen molar-refractivity contribution in [2.45, 2.75) is 6.92 Å². The Morgan fingerprint density at radius 2 is 2.17 bits per heavy atom. The van der Waals surface area contributed by atoms with Gasteiger partial charge in [-0.25, -0.2) is 0 Å². The molecule has 0 heterocycles. The van der Waals surface area contributed by atoms with E-state index in [0.29, 0.717) is 13.1 Å². The summed E-state index contributed by atoms with van der Waals surface area (Å²) in [7, 11) is 0. The molecule has 1 aromatic carbocycles. The summed E-state index contributed by atoms with van der Waals surface area (Å²) in [6, 6.07) is 7.86. The van der Waals surface area contributed by atoms with Gasteiger partial charge in [0.2, 0.25) is 5.91 Å². The first-order valence-electron chi connectivity index (χ1n) is 5.93. The van der Waals surface area contributed by atoms with Crippen LogP contribution in [0.4, 0.5) is 0 Å². The lowest BCUT2D eigenvalue weighted by molar-refractivity contribution is -0.125. The fourth-order valence-corrected chi connectivity index (χ4v) is 1.61. The first kappa shape index (κ1) is 14.2. The van der Waals surface area contributed by atoms with E-state index in [0.717, 1.165) is 11.1 Å². The number of rotatable bonds is 6. The van der Waals surface area contributed by atoms with Crippen LogP contribution in [-0.2, 0) is 4.79 Å². The largest absolute Gasteiger partial charge is 0.395 e. The molecule has 0 aromatic heterocycles. The fraction of sp³-hybridized carbons (Fsp3) is 0.267. The highest BCUT2D eigenvalue weighted by molar-refractivity contribution is 5.92. The van der Waals surface area contributed by atoms with Gasteiger partial charge in [-0.2, -0.15) is 0 Å². The molecule has 0 atom stereocenters. The van der Waals surface area contributed by atoms with Gasteiger partial charge in [0.15, 0.2) is 0 Å². The summed E-state index contributed by atoms with van der Waals surface area (Å²) in [4.78, 5) is 13.4. The van der Waals surface area contributed by atoms with E-state index in [4.69, 9.17) is 5.11 Å². The van der Waals surface area contributed by atoms with Gasteiger partial charge in [0.1, 0.15) is 0 Å². The molecule has 3 heteroatoms. The molecule has 1 aromatic rings. The van der Waals surface area contributed by atoms with Gasteiger partial charge in [0.05, 0.1) is 6.61 Å². The zero-order valence-corrected chi connectivity index (χ0v) is 10.7. The van der Waals surface area contributed by atoms with Crippen molar-refractivity contribution in [3.05, 3.63) is 54.1 Å². The van der Waals surface area contributed by atoms with Crippen LogP contribution in [0, 0.1) is 6.92 Å². The Balaban J connectivity index is 2.73. The predicted octanol–water partition coefficient (Wildman–Crippen LogP) is 2.02. The molecular formula is C15H19NO2. The topological polar surface area (TPSA) is 40.5 Å². The lowest BCUT2D eigenvalue weighted by Gasteiger charge is -2.17. The number of aliphatic hydroxyl groups is 1. The van der Waals surface area contributed by atoms with E-state index in [1.807, 2.05) is 31.2 Å². The number of amides is 1. The third kappa shape index (κ3) is 4.18. The van der Waals surface area contributed by atoms with Gasteiger partial charge in [0, 0.05) is 19.2 Å². The van der Waals surface area contributed by atoms with Gasteiger partial charge in [0.25, 0.3) is 0 Å². The third-order valence-electron chi connectivity index (χ3n) is 2.63. The second-order valence-corrected chi connectivity index (χ2v) is 3.99. The predicted molar refractivity (Wildman–Crippen MR) is 74.1 cm³/mol. The van der Waals surface area contributed by atoms with Crippen LogP contribution in [0.15, 0.2) is 43.0 Å². The maximum Gasteiger partial charge on any atom is 0.246 e. The maximum absolute atomic E-state index is 11.9. The summed E-state index contributed by atoms with van der Waals surface area (Å²) in [5.74, 6) is -0.118. The van der Waals surface area contributed by atoms with Gasteiger partial charge in [-0.1, -0.05) is 30.3 Å². The van der Waals surface area contributed by atoms with Crippen LogP contribution in [0.1, 0.15) is 11.1 Å². The van der Waals surface area contributed by atoms with E-state index < -0.39 is 0 Å². The molecule has 0 fully saturated rings. The molecular weight excluding hydrogens is 226 g/mol. The molecule has 96 valence electrons. The minimum atomic E-state index is -0.118. The minimum absolute atomic E-state index is 0.0439. The molecule has 0 saturated heterocycles. The Morgan fingerprint density at radius 1 is 1.44 bits per heavy atom. The van der Waals surface area contributed by atoms with E-state index in [2.05, 4.69) is 6.58 Å². The molecule has 0 bridgehead atoms. The van der Waals surface area contributed by atoms with Gasteiger partial charge < -0.3 is 10.0 Å². The SMILES string of the molecule is C=CCN(CCO)C(=O)/C=C/c1ccccc1C. The standard InChI is InChI=1S/C15H19NO2/c1-3-10-16(11-12-17)15(18)9-8-14-7-5-4-6-13(14)2/h3-9,17H,1,10-12H2,2H3/b9-8+. The van der Waals surface area contributed by atoms with E-state index >= 15 is 0 Å². The lowest BCUT2D eigenvalue weighted by atomic mass is 10.1. The zero-order chi connectivity index (χ0) is 13.4. The molecule has 0 spiro atoms. The number of carbonyl (C=O) groups is 1. The second-order valence-electron chi connectivity index (χ2n) is 3.99. The molecule has 0 aliphatic carbocycles. The van der Waals surface area contributed by atoms with Crippen molar-refractivity contribution in [3.8, 4) is 0 Å². The van der Waals surface area contributed by atoms with Crippen molar-refractivity contribution in [1.29, 1.82) is 0 Å². The monoisotopic (exact) mass is 245 g/mol. The molecule has 18 heavy (non-hydrogen) atoms. The number of aryl methyl sites for hydroxylation is 1. The molecule has 1 rings (SSSR count). The molecule has 0 radical (unpaired) electrons. The number of hydrogen-bond acceptors (Lipinski definition) is 2. The van der Waals surface area contributed by atoms with Crippen LogP contribution in [0.2, 0.25) is 0 Å². The molecule has 0 unspecified atom stereocenters. The smallest absolute Gasteiger partial charge is 0.246 e. The number of carbonyl (C=O) groups excluding carboxylic acids is 1. The quantitative estimate of drug-likeness (QED) is 0.615. The number of hydrogen-bond donors (Lipinski definition) is 1. The van der Waals surface area contributed by atoms with Crippen molar-refractivity contribution >= 4 is 12.0 Å². The number of aliphatic hydroxyl groups excluding tert-OH is 1. The number of nitrogens with zero attached hydrogens (tertiary/aromatic N) is 1. The fourth-order valence-electron chi connectivity index (χ4n) is 1.61. The molecule has 3 nitrogen and oxygen atoms in total. The Labute approximate surface area is 108 Å². The van der Waals surface area contributed by atoms with E-state index in [-0.39, 0.29) is 12.5 Å². The van der Waals surface area contributed by atoms with E-state index in [1.165, 1.54) is 6.08 Å². The minimum Gasteiger partial charge on any atom is -0.395 e. The highest BCUT2D eigenvalue weighted by Gasteiger charge is 2.07. The molecule has 0 saturated carbocycles. The van der Waals surface area contributed by atoms with Gasteiger partial charge in [-0.15, -0.1) is 6.58 Å². The summed E-state index contributed by atoms with van der Waals surface area (Å²) in [6.07, 6.45) is 4.97. The third-order valence-corrected chi connectivity index (χ3v) is 2.63. The van der Waals surface area contributed by atoms with Crippen LogP contribution in [0.25, 0.3) is 6.08 Å². The summed E-state index contributed by atoms with van der Waals surface area (Å²) in [5, 5.41) is 8.89. The maximum atomic E-state index is 11.9. The molecule has 1 N–H and O–H groups in total. The Kier molecular flexibility index (Phi) is 5.88. The van der Waals surface area contributed by atoms with Gasteiger partial charge >= 0.3 is 0 Å². The Bertz CT molecular complexity index is 438. The van der Waals surface area contributed by atoms with Crippen LogP contribution in [0.3, 0.4) is 0 Å². The van der Waals surface area contributed by atoms with Gasteiger partial charge in [-0.05, 0) is 24.1 Å². The summed E-state index contributed by atoms with van der Waals surface area (Å²) in [6.45, 7) is 6.32. The average molecular weight is 245 g/mol. The highest BCUT2D eigenvalue weighted by atomic mass is 16.3. The van der Waals surface area contributed by atoms with Crippen molar-refractivity contribution in [1.82, 2.24) is 4.90 Å². The molecule has 0 aliphatic rings. The Morgan fingerprint density at radius 3 is 2.78 bits per heavy atom. The summed E-state index contributed by atoms with van der Waals surface area (Å²) < 4.78 is 0. The van der Waals surface area contributed by atoms with Crippen molar-refractivity contribution in [2.75, 3.05) is 19.7 Å². The summed E-state index contributed by atoms with van der Waals surface area (Å²) in [5.41, 5.74) is 2.15. The van der Waals surface area contributed by atoms with Crippen molar-refractivity contribution < 1.29 is 9.90 Å². The van der Waals surface area contributed by atoms with Crippen LogP contribution >= 0.6 is 0 Å². The number of benzene rings is 1. The molecule has 1 amide bonds. The van der Waals surface area contributed by atoms with Crippen LogP contribution < -0.4 is 0 Å². The normalized spacial score (nSPS) is 10.6. The van der Waals surface area contributed by atoms with E-state index in [1.54, 1.807) is 17.1 Å².